The van der Waals surface area contributed by atoms with Gasteiger partial charge in [0.15, 0.2) is 0 Å². The fourth-order valence-electron chi connectivity index (χ4n) is 2.49. The number of nitrogens with two attached hydrogens (primary N) is 1. The third-order valence-corrected chi connectivity index (χ3v) is 3.76. The van der Waals surface area contributed by atoms with Gasteiger partial charge in [0, 0.05) is 0 Å². The molecule has 0 aliphatic heterocycles. The molecule has 1 heterocycles. The van der Waals surface area contributed by atoms with Crippen molar-refractivity contribution in [3.63, 3.8) is 0 Å². The molecule has 2 nitrogen and oxygen atoms in total. The summed E-state index contributed by atoms with van der Waals surface area (Å²) < 4.78 is 5.38. The SMILES string of the molecule is CC1(C)CCC(C(N)c2ccco2)CC1. The van der Waals surface area contributed by atoms with Gasteiger partial charge in [0.1, 0.15) is 5.76 Å². The van der Waals surface area contributed by atoms with Gasteiger partial charge in [-0.3, -0.25) is 0 Å². The molecule has 0 radical (unpaired) electrons. The topological polar surface area (TPSA) is 39.2 Å². The first-order valence-corrected chi connectivity index (χ1v) is 5.87. The first kappa shape index (κ1) is 10.7. The van der Waals surface area contributed by atoms with Gasteiger partial charge >= 0.3 is 0 Å². The van der Waals surface area contributed by atoms with E-state index in [2.05, 4.69) is 13.8 Å². The van der Waals surface area contributed by atoms with E-state index in [1.807, 2.05) is 12.1 Å². The van der Waals surface area contributed by atoms with Crippen LogP contribution in [0, 0.1) is 11.3 Å². The van der Waals surface area contributed by atoms with E-state index in [9.17, 15) is 0 Å². The molecule has 1 unspecified atom stereocenters. The lowest BCUT2D eigenvalue weighted by Crippen LogP contribution is -2.28. The molecule has 1 aliphatic carbocycles. The van der Waals surface area contributed by atoms with Crippen molar-refractivity contribution in [3.8, 4) is 0 Å². The number of furan rings is 1. The largest absolute Gasteiger partial charge is 0.468 e. The van der Waals surface area contributed by atoms with Crippen LogP contribution in [0.2, 0.25) is 0 Å². The monoisotopic (exact) mass is 207 g/mol. The smallest absolute Gasteiger partial charge is 0.120 e. The van der Waals surface area contributed by atoms with Gasteiger partial charge in [0.25, 0.3) is 0 Å². The molecule has 84 valence electrons. The predicted octanol–water partition coefficient (Wildman–Crippen LogP) is 3.50. The van der Waals surface area contributed by atoms with E-state index >= 15 is 0 Å². The maximum absolute atomic E-state index is 6.21. The molecule has 0 aromatic carbocycles. The van der Waals surface area contributed by atoms with E-state index in [4.69, 9.17) is 10.2 Å². The minimum Gasteiger partial charge on any atom is -0.468 e. The fraction of sp³-hybridized carbons (Fsp3) is 0.692. The molecule has 1 aliphatic rings. The summed E-state index contributed by atoms with van der Waals surface area (Å²) in [4.78, 5) is 0. The quantitative estimate of drug-likeness (QED) is 0.806. The van der Waals surface area contributed by atoms with E-state index in [0.717, 1.165) is 5.76 Å². The van der Waals surface area contributed by atoms with Gasteiger partial charge in [-0.1, -0.05) is 13.8 Å². The average molecular weight is 207 g/mol. The Kier molecular flexibility index (Phi) is 2.87. The van der Waals surface area contributed by atoms with Crippen LogP contribution in [0.4, 0.5) is 0 Å². The Labute approximate surface area is 91.8 Å². The van der Waals surface area contributed by atoms with Crippen molar-refractivity contribution >= 4 is 0 Å². The Balaban J connectivity index is 1.96. The van der Waals surface area contributed by atoms with Gasteiger partial charge in [-0.15, -0.1) is 0 Å². The Morgan fingerprint density at radius 1 is 1.40 bits per heavy atom. The van der Waals surface area contributed by atoms with Gasteiger partial charge in [-0.2, -0.15) is 0 Å². The van der Waals surface area contributed by atoms with Gasteiger partial charge in [-0.25, -0.2) is 0 Å². The second-order valence-corrected chi connectivity index (χ2v) is 5.54. The van der Waals surface area contributed by atoms with Crippen molar-refractivity contribution < 1.29 is 4.42 Å². The molecule has 0 spiro atoms. The minimum atomic E-state index is 0.0936. The van der Waals surface area contributed by atoms with Crippen molar-refractivity contribution in [2.75, 3.05) is 0 Å². The lowest BCUT2D eigenvalue weighted by atomic mass is 9.71. The van der Waals surface area contributed by atoms with Crippen LogP contribution in [-0.2, 0) is 0 Å². The van der Waals surface area contributed by atoms with Crippen LogP contribution < -0.4 is 5.73 Å². The number of rotatable bonds is 2. The summed E-state index contributed by atoms with van der Waals surface area (Å²) in [6.07, 6.45) is 6.74. The molecular formula is C13H21NO. The second-order valence-electron chi connectivity index (χ2n) is 5.54. The lowest BCUT2D eigenvalue weighted by Gasteiger charge is -2.36. The first-order chi connectivity index (χ1) is 7.08. The zero-order chi connectivity index (χ0) is 10.9. The third kappa shape index (κ3) is 2.43. The summed E-state index contributed by atoms with van der Waals surface area (Å²) in [5, 5.41) is 0. The van der Waals surface area contributed by atoms with Crippen molar-refractivity contribution in [3.05, 3.63) is 24.2 Å². The van der Waals surface area contributed by atoms with E-state index in [-0.39, 0.29) is 6.04 Å². The average Bonchev–Trinajstić information content (AvgIpc) is 2.69. The van der Waals surface area contributed by atoms with Crippen molar-refractivity contribution in [1.29, 1.82) is 0 Å². The summed E-state index contributed by atoms with van der Waals surface area (Å²) in [6, 6.07) is 4.00. The van der Waals surface area contributed by atoms with E-state index in [1.54, 1.807) is 6.26 Å². The van der Waals surface area contributed by atoms with E-state index < -0.39 is 0 Å². The molecule has 1 aromatic heterocycles. The standard InChI is InChI=1S/C13H21NO/c1-13(2)7-5-10(6-8-13)12(14)11-4-3-9-15-11/h3-4,9-10,12H,5-8,14H2,1-2H3. The Hall–Kier alpha value is -0.760. The second kappa shape index (κ2) is 4.01. The van der Waals surface area contributed by atoms with E-state index in [0.29, 0.717) is 11.3 Å². The summed E-state index contributed by atoms with van der Waals surface area (Å²) in [6.45, 7) is 4.70. The Morgan fingerprint density at radius 2 is 2.07 bits per heavy atom. The van der Waals surface area contributed by atoms with Crippen molar-refractivity contribution in [2.24, 2.45) is 17.1 Å². The normalized spacial score (nSPS) is 23.9. The molecule has 2 rings (SSSR count). The van der Waals surface area contributed by atoms with Crippen LogP contribution >= 0.6 is 0 Å². The molecule has 1 aromatic rings. The molecule has 1 fully saturated rings. The van der Waals surface area contributed by atoms with Gasteiger partial charge in [0.05, 0.1) is 12.3 Å². The van der Waals surface area contributed by atoms with Crippen LogP contribution in [0.15, 0.2) is 22.8 Å². The summed E-state index contributed by atoms with van der Waals surface area (Å²) in [5.74, 6) is 1.55. The highest BCUT2D eigenvalue weighted by Crippen LogP contribution is 2.41. The van der Waals surface area contributed by atoms with Crippen molar-refractivity contribution in [2.45, 2.75) is 45.6 Å². The fourth-order valence-corrected chi connectivity index (χ4v) is 2.49. The zero-order valence-electron chi connectivity index (χ0n) is 9.70. The summed E-state index contributed by atoms with van der Waals surface area (Å²) in [7, 11) is 0. The van der Waals surface area contributed by atoms with Crippen molar-refractivity contribution in [1.82, 2.24) is 0 Å². The molecule has 15 heavy (non-hydrogen) atoms. The predicted molar refractivity (Wildman–Crippen MR) is 61.4 cm³/mol. The molecule has 0 amide bonds. The van der Waals surface area contributed by atoms with Crippen LogP contribution in [0.25, 0.3) is 0 Å². The van der Waals surface area contributed by atoms with Gasteiger partial charge < -0.3 is 10.2 Å². The van der Waals surface area contributed by atoms with Crippen LogP contribution in [-0.4, -0.2) is 0 Å². The van der Waals surface area contributed by atoms with Gasteiger partial charge in [-0.05, 0) is 49.1 Å². The first-order valence-electron chi connectivity index (χ1n) is 5.87. The molecule has 0 saturated heterocycles. The molecule has 2 heteroatoms. The summed E-state index contributed by atoms with van der Waals surface area (Å²) in [5.41, 5.74) is 6.72. The number of hydrogen-bond acceptors (Lipinski definition) is 2. The maximum atomic E-state index is 6.21. The Morgan fingerprint density at radius 3 is 2.60 bits per heavy atom. The number of hydrogen-bond donors (Lipinski definition) is 1. The molecule has 2 N–H and O–H groups in total. The highest BCUT2D eigenvalue weighted by Gasteiger charge is 2.31. The molecular weight excluding hydrogens is 186 g/mol. The van der Waals surface area contributed by atoms with Crippen LogP contribution in [0.5, 0.6) is 0 Å². The molecule has 1 saturated carbocycles. The molecule has 0 bridgehead atoms. The summed E-state index contributed by atoms with van der Waals surface area (Å²) >= 11 is 0. The lowest BCUT2D eigenvalue weighted by molar-refractivity contribution is 0.166. The Bertz CT molecular complexity index is 292. The maximum Gasteiger partial charge on any atom is 0.120 e. The molecule has 1 atom stereocenters. The third-order valence-electron chi connectivity index (χ3n) is 3.76. The highest BCUT2D eigenvalue weighted by molar-refractivity contribution is 5.05. The zero-order valence-corrected chi connectivity index (χ0v) is 9.70. The van der Waals surface area contributed by atoms with Crippen LogP contribution in [0.3, 0.4) is 0 Å². The van der Waals surface area contributed by atoms with E-state index in [1.165, 1.54) is 25.7 Å². The van der Waals surface area contributed by atoms with Gasteiger partial charge in [0.2, 0.25) is 0 Å². The highest BCUT2D eigenvalue weighted by atomic mass is 16.3. The van der Waals surface area contributed by atoms with Crippen LogP contribution in [0.1, 0.15) is 51.3 Å². The minimum absolute atomic E-state index is 0.0936.